The summed E-state index contributed by atoms with van der Waals surface area (Å²) in [7, 11) is 1.64. The van der Waals surface area contributed by atoms with Crippen LogP contribution in [0.25, 0.3) is 16.8 Å². The van der Waals surface area contributed by atoms with Gasteiger partial charge in [0.05, 0.1) is 16.6 Å². The first-order valence-electron chi connectivity index (χ1n) is 8.60. The largest absolute Gasteiger partial charge is 0.311 e. The van der Waals surface area contributed by atoms with Gasteiger partial charge in [-0.05, 0) is 23.8 Å². The number of para-hydroxylation sites is 2. The van der Waals surface area contributed by atoms with Crippen molar-refractivity contribution in [2.75, 3.05) is 5.32 Å². The lowest BCUT2D eigenvalue weighted by Crippen LogP contribution is -2.35. The SMILES string of the molecule is Cn1c(=O)c2c(n3c4ccccc4nc13)NC(=O)C[C@@H]2c1ccccc1F. The molecule has 0 fully saturated rings. The van der Waals surface area contributed by atoms with Gasteiger partial charge in [-0.1, -0.05) is 30.3 Å². The predicted octanol–water partition coefficient (Wildman–Crippen LogP) is 2.80. The van der Waals surface area contributed by atoms with E-state index >= 15 is 0 Å². The normalized spacial score (nSPS) is 16.5. The summed E-state index contributed by atoms with van der Waals surface area (Å²) in [6, 6.07) is 13.7. The number of nitrogens with one attached hydrogen (secondary N) is 1. The lowest BCUT2D eigenvalue weighted by molar-refractivity contribution is -0.116. The van der Waals surface area contributed by atoms with Crippen LogP contribution >= 0.6 is 0 Å². The smallest absolute Gasteiger partial charge is 0.260 e. The van der Waals surface area contributed by atoms with Crippen molar-refractivity contribution in [3.05, 3.63) is 75.8 Å². The van der Waals surface area contributed by atoms with E-state index in [4.69, 9.17) is 0 Å². The van der Waals surface area contributed by atoms with Crippen LogP contribution in [0.5, 0.6) is 0 Å². The second-order valence-electron chi connectivity index (χ2n) is 6.69. The van der Waals surface area contributed by atoms with E-state index in [1.54, 1.807) is 29.6 Å². The van der Waals surface area contributed by atoms with E-state index in [2.05, 4.69) is 10.3 Å². The zero-order chi connectivity index (χ0) is 18.7. The molecule has 2 aromatic heterocycles. The molecule has 7 heteroatoms. The van der Waals surface area contributed by atoms with Gasteiger partial charge in [-0.15, -0.1) is 0 Å². The first-order chi connectivity index (χ1) is 13.1. The van der Waals surface area contributed by atoms with Gasteiger partial charge in [0.1, 0.15) is 11.6 Å². The number of hydrogen-bond acceptors (Lipinski definition) is 3. The van der Waals surface area contributed by atoms with Crippen LogP contribution in [0.4, 0.5) is 10.2 Å². The third-order valence-electron chi connectivity index (χ3n) is 5.13. The molecule has 0 spiro atoms. The van der Waals surface area contributed by atoms with Crippen molar-refractivity contribution in [1.82, 2.24) is 14.0 Å². The number of hydrogen-bond donors (Lipinski definition) is 1. The molecule has 0 radical (unpaired) electrons. The van der Waals surface area contributed by atoms with Gasteiger partial charge < -0.3 is 5.32 Å². The summed E-state index contributed by atoms with van der Waals surface area (Å²) in [5.74, 6) is -0.552. The summed E-state index contributed by atoms with van der Waals surface area (Å²) < 4.78 is 17.7. The van der Waals surface area contributed by atoms with Crippen LogP contribution in [0.3, 0.4) is 0 Å². The zero-order valence-corrected chi connectivity index (χ0v) is 14.4. The highest BCUT2D eigenvalue weighted by atomic mass is 19.1. The van der Waals surface area contributed by atoms with Crippen LogP contribution in [0.15, 0.2) is 53.3 Å². The van der Waals surface area contributed by atoms with E-state index in [1.807, 2.05) is 24.3 Å². The monoisotopic (exact) mass is 362 g/mol. The number of amides is 1. The fraction of sp³-hybridized carbons (Fsp3) is 0.150. The van der Waals surface area contributed by atoms with Crippen molar-refractivity contribution in [3.63, 3.8) is 0 Å². The molecule has 1 atom stereocenters. The predicted molar refractivity (Wildman–Crippen MR) is 99.4 cm³/mol. The summed E-state index contributed by atoms with van der Waals surface area (Å²) in [5.41, 5.74) is 1.91. The van der Waals surface area contributed by atoms with E-state index in [0.717, 1.165) is 5.52 Å². The van der Waals surface area contributed by atoms with Crippen LogP contribution in [0, 0.1) is 5.82 Å². The molecule has 1 amide bonds. The number of imidazole rings is 1. The van der Waals surface area contributed by atoms with Gasteiger partial charge in [-0.25, -0.2) is 9.37 Å². The molecule has 0 saturated heterocycles. The summed E-state index contributed by atoms with van der Waals surface area (Å²) in [5, 5.41) is 2.82. The number of carbonyl (C=O) groups is 1. The Morgan fingerprint density at radius 2 is 1.85 bits per heavy atom. The van der Waals surface area contributed by atoms with Crippen molar-refractivity contribution in [1.29, 1.82) is 0 Å². The van der Waals surface area contributed by atoms with Crippen LogP contribution in [0.1, 0.15) is 23.5 Å². The van der Waals surface area contributed by atoms with Crippen molar-refractivity contribution in [2.45, 2.75) is 12.3 Å². The lowest BCUT2D eigenvalue weighted by atomic mass is 9.86. The van der Waals surface area contributed by atoms with Gasteiger partial charge in [0, 0.05) is 19.4 Å². The number of nitrogens with zero attached hydrogens (tertiary/aromatic N) is 3. The van der Waals surface area contributed by atoms with Gasteiger partial charge in [0.2, 0.25) is 11.7 Å². The minimum atomic E-state index is -0.654. The van der Waals surface area contributed by atoms with Gasteiger partial charge in [0.15, 0.2) is 0 Å². The molecular formula is C20H15FN4O2. The second kappa shape index (κ2) is 5.51. The molecule has 0 aliphatic carbocycles. The maximum Gasteiger partial charge on any atom is 0.260 e. The fourth-order valence-electron chi connectivity index (χ4n) is 3.88. The number of carbonyl (C=O) groups excluding carboxylic acids is 1. The molecule has 1 aliphatic rings. The third kappa shape index (κ3) is 2.14. The minimum Gasteiger partial charge on any atom is -0.311 e. The van der Waals surface area contributed by atoms with Crippen molar-refractivity contribution in [3.8, 4) is 0 Å². The number of rotatable bonds is 1. The molecule has 27 heavy (non-hydrogen) atoms. The summed E-state index contributed by atoms with van der Waals surface area (Å²) >= 11 is 0. The Kier molecular flexibility index (Phi) is 3.21. The molecule has 3 heterocycles. The van der Waals surface area contributed by atoms with Gasteiger partial charge >= 0.3 is 0 Å². The first kappa shape index (κ1) is 15.7. The fourth-order valence-corrected chi connectivity index (χ4v) is 3.88. The van der Waals surface area contributed by atoms with Gasteiger partial charge in [0.25, 0.3) is 5.56 Å². The average Bonchev–Trinajstić information content (AvgIpc) is 3.06. The van der Waals surface area contributed by atoms with Gasteiger partial charge in [-0.2, -0.15) is 0 Å². The van der Waals surface area contributed by atoms with Crippen molar-refractivity contribution in [2.24, 2.45) is 7.05 Å². The van der Waals surface area contributed by atoms with Crippen LogP contribution in [-0.4, -0.2) is 19.9 Å². The van der Waals surface area contributed by atoms with Gasteiger partial charge in [-0.3, -0.25) is 18.6 Å². The Morgan fingerprint density at radius 3 is 2.67 bits per heavy atom. The van der Waals surface area contributed by atoms with Crippen LogP contribution in [0.2, 0.25) is 0 Å². The number of halogens is 1. The molecule has 4 aromatic rings. The zero-order valence-electron chi connectivity index (χ0n) is 14.4. The molecule has 1 aliphatic heterocycles. The Bertz CT molecular complexity index is 1300. The summed E-state index contributed by atoms with van der Waals surface area (Å²) in [4.78, 5) is 30.1. The maximum atomic E-state index is 14.5. The Balaban J connectivity index is 1.94. The summed E-state index contributed by atoms with van der Waals surface area (Å²) in [6.45, 7) is 0. The van der Waals surface area contributed by atoms with Crippen molar-refractivity contribution < 1.29 is 9.18 Å². The minimum absolute atomic E-state index is 0.0152. The molecule has 134 valence electrons. The van der Waals surface area contributed by atoms with E-state index in [1.165, 1.54) is 10.6 Å². The Labute approximate surface area is 152 Å². The highest BCUT2D eigenvalue weighted by molar-refractivity contribution is 5.96. The van der Waals surface area contributed by atoms with Crippen molar-refractivity contribution >= 4 is 28.5 Å². The quantitative estimate of drug-likeness (QED) is 0.566. The number of aryl methyl sites for hydroxylation is 1. The van der Waals surface area contributed by atoms with Crippen LogP contribution < -0.4 is 10.9 Å². The third-order valence-corrected chi connectivity index (χ3v) is 5.13. The first-order valence-corrected chi connectivity index (χ1v) is 8.60. The molecular weight excluding hydrogens is 347 g/mol. The molecule has 2 aromatic carbocycles. The molecule has 1 N–H and O–H groups in total. The Morgan fingerprint density at radius 1 is 1.11 bits per heavy atom. The standard InChI is InChI=1S/C20H15FN4O2/c1-24-19(27)17-12(11-6-2-3-7-13(11)21)10-16(26)23-18(17)25-15-9-5-4-8-14(15)22-20(24)25/h2-9,12H,10H2,1H3,(H,23,26)/t12-/m1/s1. The number of aromatic nitrogens is 3. The average molecular weight is 362 g/mol. The number of fused-ring (bicyclic) bond motifs is 5. The molecule has 6 nitrogen and oxygen atoms in total. The number of benzene rings is 2. The highest BCUT2D eigenvalue weighted by Crippen LogP contribution is 2.37. The summed E-state index contributed by atoms with van der Waals surface area (Å²) in [6.07, 6.45) is 0.0152. The lowest BCUT2D eigenvalue weighted by Gasteiger charge is -2.27. The molecule has 0 unspecified atom stereocenters. The Hall–Kier alpha value is -3.48. The highest BCUT2D eigenvalue weighted by Gasteiger charge is 2.34. The molecule has 5 rings (SSSR count). The van der Waals surface area contributed by atoms with E-state index in [0.29, 0.717) is 28.2 Å². The van der Waals surface area contributed by atoms with E-state index in [-0.39, 0.29) is 17.9 Å². The number of anilines is 1. The topological polar surface area (TPSA) is 68.4 Å². The molecule has 0 bridgehead atoms. The molecule has 0 saturated carbocycles. The van der Waals surface area contributed by atoms with Crippen LogP contribution in [-0.2, 0) is 11.8 Å². The second-order valence-corrected chi connectivity index (χ2v) is 6.69. The van der Waals surface area contributed by atoms with E-state index < -0.39 is 11.7 Å². The van der Waals surface area contributed by atoms with E-state index in [9.17, 15) is 14.0 Å². The maximum absolute atomic E-state index is 14.5.